The molecule has 1 aliphatic heterocycles. The maximum Gasteiger partial charge on any atom is 0.339 e. The van der Waals surface area contributed by atoms with Gasteiger partial charge in [-0.2, -0.15) is 0 Å². The van der Waals surface area contributed by atoms with Crippen molar-refractivity contribution in [2.24, 2.45) is 0 Å². The van der Waals surface area contributed by atoms with Crippen molar-refractivity contribution in [3.8, 4) is 5.75 Å². The summed E-state index contributed by atoms with van der Waals surface area (Å²) in [6, 6.07) is 16.7. The fourth-order valence-corrected chi connectivity index (χ4v) is 4.15. The molecular weight excluding hydrogens is 449 g/mol. The predicted octanol–water partition coefficient (Wildman–Crippen LogP) is 4.99. The van der Waals surface area contributed by atoms with Gasteiger partial charge in [0.1, 0.15) is 23.7 Å². The second-order valence-electron chi connectivity index (χ2n) is 7.61. The Morgan fingerprint density at radius 3 is 2.47 bits per heavy atom. The molecule has 6 nitrogen and oxygen atoms in total. The van der Waals surface area contributed by atoms with Crippen LogP contribution >= 0.6 is 23.2 Å². The van der Waals surface area contributed by atoms with Gasteiger partial charge in [0.2, 0.25) is 0 Å². The minimum Gasteiger partial charge on any atom is -0.489 e. The zero-order valence-electron chi connectivity index (χ0n) is 17.4. The van der Waals surface area contributed by atoms with Crippen LogP contribution in [0, 0.1) is 0 Å². The van der Waals surface area contributed by atoms with Crippen molar-refractivity contribution in [1.29, 1.82) is 0 Å². The molecule has 2 heterocycles. The number of halogens is 2. The minimum atomic E-state index is -0.948. The van der Waals surface area contributed by atoms with Gasteiger partial charge in [-0.25, -0.2) is 9.78 Å². The second-order valence-corrected chi connectivity index (χ2v) is 8.45. The molecule has 0 atom stereocenters. The van der Waals surface area contributed by atoms with Gasteiger partial charge in [0.05, 0.1) is 0 Å². The molecule has 32 heavy (non-hydrogen) atoms. The summed E-state index contributed by atoms with van der Waals surface area (Å²) in [5, 5.41) is 10.6. The van der Waals surface area contributed by atoms with E-state index in [1.807, 2.05) is 23.1 Å². The standard InChI is InChI=1S/C24H23Cl2N3O3/c25-19-6-5-18(22(26)14-19)16-32-20-7-3-17(4-8-20)15-28-10-12-29(13-11-28)23-21(24(30)31)2-1-9-27-23/h1-9,14H,10-13,15-16H2,(H,30,31). The highest BCUT2D eigenvalue weighted by Gasteiger charge is 2.22. The van der Waals surface area contributed by atoms with E-state index in [0.717, 1.165) is 44.0 Å². The first kappa shape index (κ1) is 22.4. The van der Waals surface area contributed by atoms with Crippen LogP contribution < -0.4 is 9.64 Å². The fourth-order valence-electron chi connectivity index (χ4n) is 3.68. The zero-order chi connectivity index (χ0) is 22.5. The molecule has 0 aliphatic carbocycles. The third-order valence-corrected chi connectivity index (χ3v) is 6.01. The van der Waals surface area contributed by atoms with Gasteiger partial charge >= 0.3 is 5.97 Å². The van der Waals surface area contributed by atoms with Crippen molar-refractivity contribution in [3.05, 3.63) is 87.5 Å². The number of aromatic nitrogens is 1. The lowest BCUT2D eigenvalue weighted by molar-refractivity contribution is 0.0697. The van der Waals surface area contributed by atoms with Gasteiger partial charge in [0, 0.05) is 54.5 Å². The number of ether oxygens (including phenoxy) is 1. The SMILES string of the molecule is O=C(O)c1cccnc1N1CCN(Cc2ccc(OCc3ccc(Cl)cc3Cl)cc2)CC1. The summed E-state index contributed by atoms with van der Waals surface area (Å²) in [6.45, 7) is 4.35. The van der Waals surface area contributed by atoms with Crippen LogP contribution in [0.1, 0.15) is 21.5 Å². The van der Waals surface area contributed by atoms with Gasteiger partial charge in [0.25, 0.3) is 0 Å². The van der Waals surface area contributed by atoms with Crippen LogP contribution in [0.2, 0.25) is 10.0 Å². The number of anilines is 1. The smallest absolute Gasteiger partial charge is 0.339 e. The van der Waals surface area contributed by atoms with Crippen LogP contribution in [0.3, 0.4) is 0 Å². The Kier molecular flexibility index (Phi) is 7.15. The zero-order valence-corrected chi connectivity index (χ0v) is 18.9. The molecule has 0 radical (unpaired) electrons. The van der Waals surface area contributed by atoms with Crippen molar-refractivity contribution in [3.63, 3.8) is 0 Å². The summed E-state index contributed by atoms with van der Waals surface area (Å²) in [4.78, 5) is 20.1. The Balaban J connectivity index is 1.29. The average molecular weight is 472 g/mol. The Bertz CT molecular complexity index is 1080. The number of aromatic carboxylic acids is 1. The molecule has 0 amide bonds. The van der Waals surface area contributed by atoms with E-state index in [0.29, 0.717) is 22.5 Å². The maximum absolute atomic E-state index is 11.5. The minimum absolute atomic E-state index is 0.247. The molecule has 0 unspecified atom stereocenters. The molecule has 0 bridgehead atoms. The number of nitrogens with zero attached hydrogens (tertiary/aromatic N) is 3. The summed E-state index contributed by atoms with van der Waals surface area (Å²) >= 11 is 12.1. The maximum atomic E-state index is 11.5. The first-order valence-corrected chi connectivity index (χ1v) is 11.1. The highest BCUT2D eigenvalue weighted by Crippen LogP contribution is 2.24. The van der Waals surface area contributed by atoms with E-state index in [1.165, 1.54) is 5.56 Å². The Labute approximate surface area is 197 Å². The lowest BCUT2D eigenvalue weighted by Gasteiger charge is -2.35. The molecule has 0 spiro atoms. The lowest BCUT2D eigenvalue weighted by atomic mass is 10.1. The van der Waals surface area contributed by atoms with E-state index in [9.17, 15) is 9.90 Å². The number of benzene rings is 2. The summed E-state index contributed by atoms with van der Waals surface area (Å²) < 4.78 is 5.85. The van der Waals surface area contributed by atoms with Crippen LogP contribution in [0.15, 0.2) is 60.8 Å². The topological polar surface area (TPSA) is 65.9 Å². The van der Waals surface area contributed by atoms with Crippen molar-refractivity contribution in [2.45, 2.75) is 13.2 Å². The molecule has 1 aromatic heterocycles. The van der Waals surface area contributed by atoms with Crippen molar-refractivity contribution in [1.82, 2.24) is 9.88 Å². The van der Waals surface area contributed by atoms with Crippen molar-refractivity contribution < 1.29 is 14.6 Å². The molecule has 1 saturated heterocycles. The lowest BCUT2D eigenvalue weighted by Crippen LogP contribution is -2.46. The summed E-state index contributed by atoms with van der Waals surface area (Å²) in [6.07, 6.45) is 1.64. The number of pyridine rings is 1. The van der Waals surface area contributed by atoms with Gasteiger partial charge in [-0.15, -0.1) is 0 Å². The number of carboxylic acid groups (broad SMARTS) is 1. The van der Waals surface area contributed by atoms with Gasteiger partial charge in [-0.05, 0) is 42.0 Å². The van der Waals surface area contributed by atoms with Crippen LogP contribution in [-0.2, 0) is 13.2 Å². The first-order chi connectivity index (χ1) is 15.5. The molecule has 8 heteroatoms. The molecule has 1 N–H and O–H groups in total. The highest BCUT2D eigenvalue weighted by molar-refractivity contribution is 6.35. The van der Waals surface area contributed by atoms with Crippen LogP contribution in [0.5, 0.6) is 5.75 Å². The molecule has 3 aromatic rings. The summed E-state index contributed by atoms with van der Waals surface area (Å²) in [7, 11) is 0. The van der Waals surface area contributed by atoms with E-state index in [4.69, 9.17) is 27.9 Å². The number of rotatable bonds is 7. The molecule has 4 rings (SSSR count). The van der Waals surface area contributed by atoms with Crippen molar-refractivity contribution >= 4 is 35.0 Å². The summed E-state index contributed by atoms with van der Waals surface area (Å²) in [5.41, 5.74) is 2.33. The van der Waals surface area contributed by atoms with Gasteiger partial charge < -0.3 is 14.7 Å². The third kappa shape index (κ3) is 5.51. The van der Waals surface area contributed by atoms with Gasteiger partial charge in [-0.3, -0.25) is 4.90 Å². The van der Waals surface area contributed by atoms with E-state index < -0.39 is 5.97 Å². The molecule has 0 saturated carbocycles. The quantitative estimate of drug-likeness (QED) is 0.523. The summed E-state index contributed by atoms with van der Waals surface area (Å²) in [5.74, 6) is 0.374. The predicted molar refractivity (Wildman–Crippen MR) is 126 cm³/mol. The van der Waals surface area contributed by atoms with E-state index in [2.05, 4.69) is 22.0 Å². The van der Waals surface area contributed by atoms with Crippen LogP contribution in [0.25, 0.3) is 0 Å². The van der Waals surface area contributed by atoms with Gasteiger partial charge in [-0.1, -0.05) is 41.4 Å². The monoisotopic (exact) mass is 471 g/mol. The van der Waals surface area contributed by atoms with Crippen LogP contribution in [-0.4, -0.2) is 47.1 Å². The first-order valence-electron chi connectivity index (χ1n) is 10.3. The van der Waals surface area contributed by atoms with Gasteiger partial charge in [0.15, 0.2) is 0 Å². The highest BCUT2D eigenvalue weighted by atomic mass is 35.5. The van der Waals surface area contributed by atoms with E-state index in [1.54, 1.807) is 30.5 Å². The van der Waals surface area contributed by atoms with E-state index in [-0.39, 0.29) is 5.56 Å². The molecule has 1 aliphatic rings. The molecule has 1 fully saturated rings. The third-order valence-electron chi connectivity index (χ3n) is 5.43. The van der Waals surface area contributed by atoms with E-state index >= 15 is 0 Å². The number of carboxylic acids is 1. The Morgan fingerprint density at radius 1 is 1.03 bits per heavy atom. The number of carbonyl (C=O) groups is 1. The molecule has 2 aromatic carbocycles. The largest absolute Gasteiger partial charge is 0.489 e. The second kappa shape index (κ2) is 10.2. The number of hydrogen-bond donors (Lipinski definition) is 1. The molecule has 166 valence electrons. The Morgan fingerprint density at radius 2 is 1.78 bits per heavy atom. The fraction of sp³-hybridized carbons (Fsp3) is 0.250. The van der Waals surface area contributed by atoms with Crippen LogP contribution in [0.4, 0.5) is 5.82 Å². The number of piperazine rings is 1. The number of hydrogen-bond acceptors (Lipinski definition) is 5. The normalized spacial score (nSPS) is 14.4. The average Bonchev–Trinajstić information content (AvgIpc) is 2.80. The Hall–Kier alpha value is -2.80. The molecular formula is C24H23Cl2N3O3. The van der Waals surface area contributed by atoms with Crippen molar-refractivity contribution in [2.75, 3.05) is 31.1 Å².